The fourth-order valence-electron chi connectivity index (χ4n) is 0.701. The van der Waals surface area contributed by atoms with Crippen LogP contribution in [0.5, 0.6) is 0 Å². The molecule has 0 bridgehead atoms. The first-order chi connectivity index (χ1) is 5.50. The average molecular weight is 167 g/mol. The molecular weight excluding hydrogens is 154 g/mol. The van der Waals surface area contributed by atoms with E-state index in [2.05, 4.69) is 10.3 Å². The molecule has 1 aromatic rings. The molecule has 0 amide bonds. The van der Waals surface area contributed by atoms with E-state index in [1.165, 1.54) is 4.68 Å². The van der Waals surface area contributed by atoms with Gasteiger partial charge in [0.25, 0.3) is 0 Å². The molecule has 1 rings (SSSR count). The summed E-state index contributed by atoms with van der Waals surface area (Å²) in [7, 11) is 0. The third-order valence-electron chi connectivity index (χ3n) is 1.61. The number of hydrogen-bond donors (Lipinski definition) is 0. The largest absolute Gasteiger partial charge is 0.297 e. The van der Waals surface area contributed by atoms with Gasteiger partial charge in [-0.05, 0) is 0 Å². The molecule has 1 aromatic heterocycles. The fourth-order valence-corrected chi connectivity index (χ4v) is 0.701. The first kappa shape index (κ1) is 8.90. The summed E-state index contributed by atoms with van der Waals surface area (Å²) in [4.78, 5) is 11.4. The summed E-state index contributed by atoms with van der Waals surface area (Å²) < 4.78 is 1.54. The fraction of sp³-hybridized carbons (Fsp3) is 0.625. The maximum absolute atomic E-state index is 11.4. The van der Waals surface area contributed by atoms with Gasteiger partial charge in [0.1, 0.15) is 6.54 Å². The summed E-state index contributed by atoms with van der Waals surface area (Å²) in [6.45, 7) is 5.99. The van der Waals surface area contributed by atoms with Gasteiger partial charge in [0.05, 0.1) is 6.20 Å². The Kier molecular flexibility index (Phi) is 2.26. The highest BCUT2D eigenvalue weighted by Gasteiger charge is 2.21. The molecule has 0 radical (unpaired) electrons. The molecule has 66 valence electrons. The molecule has 12 heavy (non-hydrogen) atoms. The molecule has 0 aliphatic heterocycles. The van der Waals surface area contributed by atoms with E-state index < -0.39 is 0 Å². The summed E-state index contributed by atoms with van der Waals surface area (Å²) in [5.74, 6) is 0.160. The number of aromatic nitrogens is 3. The van der Waals surface area contributed by atoms with Crippen LogP contribution in [0.1, 0.15) is 20.8 Å². The van der Waals surface area contributed by atoms with Crippen molar-refractivity contribution in [2.75, 3.05) is 0 Å². The standard InChI is InChI=1S/C8H13N3O/c1-8(2,3)7(12)6-11-5-4-9-10-11/h4-5H,6H2,1-3H3. The third-order valence-corrected chi connectivity index (χ3v) is 1.61. The number of hydrogen-bond acceptors (Lipinski definition) is 3. The average Bonchev–Trinajstić information content (AvgIpc) is 2.37. The zero-order valence-corrected chi connectivity index (χ0v) is 7.61. The van der Waals surface area contributed by atoms with Gasteiger partial charge in [0, 0.05) is 11.6 Å². The quantitative estimate of drug-likeness (QED) is 0.657. The normalized spacial score (nSPS) is 11.6. The van der Waals surface area contributed by atoms with E-state index in [9.17, 15) is 4.79 Å². The van der Waals surface area contributed by atoms with E-state index >= 15 is 0 Å². The molecule has 0 fully saturated rings. The van der Waals surface area contributed by atoms with Crippen LogP contribution in [0.25, 0.3) is 0 Å². The van der Waals surface area contributed by atoms with Crippen LogP contribution in [-0.4, -0.2) is 20.8 Å². The van der Waals surface area contributed by atoms with Crippen LogP contribution in [0.3, 0.4) is 0 Å². The van der Waals surface area contributed by atoms with Crippen LogP contribution in [-0.2, 0) is 11.3 Å². The van der Waals surface area contributed by atoms with Crippen LogP contribution in [0.15, 0.2) is 12.4 Å². The number of ketones is 1. The van der Waals surface area contributed by atoms with Crippen molar-refractivity contribution >= 4 is 5.78 Å². The predicted octanol–water partition coefficient (Wildman–Crippen LogP) is 0.893. The molecule has 0 saturated heterocycles. The Bertz CT molecular complexity index is 258. The Labute approximate surface area is 71.6 Å². The van der Waals surface area contributed by atoms with Gasteiger partial charge in [-0.3, -0.25) is 4.79 Å². The van der Waals surface area contributed by atoms with E-state index in [-0.39, 0.29) is 11.2 Å². The van der Waals surface area contributed by atoms with Crippen LogP contribution < -0.4 is 0 Å². The Morgan fingerprint density at radius 1 is 1.50 bits per heavy atom. The Hall–Kier alpha value is -1.19. The van der Waals surface area contributed by atoms with Gasteiger partial charge in [0.2, 0.25) is 0 Å². The van der Waals surface area contributed by atoms with Crippen molar-refractivity contribution in [2.45, 2.75) is 27.3 Å². The monoisotopic (exact) mass is 167 g/mol. The van der Waals surface area contributed by atoms with E-state index in [1.807, 2.05) is 20.8 Å². The number of carbonyl (C=O) groups excluding carboxylic acids is 1. The van der Waals surface area contributed by atoms with Crippen molar-refractivity contribution in [3.63, 3.8) is 0 Å². The lowest BCUT2D eigenvalue weighted by atomic mass is 9.91. The second-order valence-corrected chi connectivity index (χ2v) is 3.77. The van der Waals surface area contributed by atoms with Crippen molar-refractivity contribution in [3.8, 4) is 0 Å². The van der Waals surface area contributed by atoms with E-state index in [4.69, 9.17) is 0 Å². The zero-order valence-electron chi connectivity index (χ0n) is 7.61. The minimum absolute atomic E-state index is 0.160. The topological polar surface area (TPSA) is 47.8 Å². The summed E-state index contributed by atoms with van der Waals surface area (Å²) >= 11 is 0. The lowest BCUT2D eigenvalue weighted by Crippen LogP contribution is -2.25. The molecule has 4 nitrogen and oxygen atoms in total. The molecule has 0 aliphatic carbocycles. The van der Waals surface area contributed by atoms with Crippen molar-refractivity contribution < 1.29 is 4.79 Å². The number of Topliss-reactive ketones (excluding diaryl/α,β-unsaturated/α-hetero) is 1. The molecule has 0 saturated carbocycles. The van der Waals surface area contributed by atoms with Crippen LogP contribution in [0.4, 0.5) is 0 Å². The smallest absolute Gasteiger partial charge is 0.159 e. The van der Waals surface area contributed by atoms with Gasteiger partial charge >= 0.3 is 0 Å². The van der Waals surface area contributed by atoms with Crippen molar-refractivity contribution in [2.24, 2.45) is 5.41 Å². The molecule has 0 aliphatic rings. The molecule has 1 heterocycles. The maximum atomic E-state index is 11.4. The molecule has 0 spiro atoms. The molecule has 4 heteroatoms. The lowest BCUT2D eigenvalue weighted by molar-refractivity contribution is -0.127. The molecular formula is C8H13N3O. The predicted molar refractivity (Wildman–Crippen MR) is 44.5 cm³/mol. The van der Waals surface area contributed by atoms with Crippen LogP contribution >= 0.6 is 0 Å². The van der Waals surface area contributed by atoms with E-state index in [1.54, 1.807) is 12.4 Å². The number of nitrogens with zero attached hydrogens (tertiary/aromatic N) is 3. The maximum Gasteiger partial charge on any atom is 0.159 e. The molecule has 0 atom stereocenters. The van der Waals surface area contributed by atoms with Gasteiger partial charge in [-0.1, -0.05) is 26.0 Å². The zero-order chi connectivity index (χ0) is 9.19. The summed E-state index contributed by atoms with van der Waals surface area (Å²) in [6.07, 6.45) is 3.25. The van der Waals surface area contributed by atoms with Crippen molar-refractivity contribution in [1.29, 1.82) is 0 Å². The first-order valence-electron chi connectivity index (χ1n) is 3.87. The highest BCUT2D eigenvalue weighted by Crippen LogP contribution is 2.14. The highest BCUT2D eigenvalue weighted by atomic mass is 16.1. The third kappa shape index (κ3) is 2.15. The van der Waals surface area contributed by atoms with Crippen molar-refractivity contribution in [3.05, 3.63) is 12.4 Å². The number of rotatable bonds is 2. The lowest BCUT2D eigenvalue weighted by Gasteiger charge is -2.15. The van der Waals surface area contributed by atoms with E-state index in [0.29, 0.717) is 6.54 Å². The Morgan fingerprint density at radius 3 is 2.58 bits per heavy atom. The van der Waals surface area contributed by atoms with Gasteiger partial charge in [-0.25, -0.2) is 4.68 Å². The molecule has 0 aromatic carbocycles. The second kappa shape index (κ2) is 3.05. The first-order valence-corrected chi connectivity index (χ1v) is 3.87. The minimum atomic E-state index is -0.300. The summed E-state index contributed by atoms with van der Waals surface area (Å²) in [5.41, 5.74) is -0.300. The SMILES string of the molecule is CC(C)(C)C(=O)Cn1ccnn1. The van der Waals surface area contributed by atoms with Gasteiger partial charge in [-0.15, -0.1) is 5.10 Å². The number of carbonyl (C=O) groups is 1. The summed E-state index contributed by atoms with van der Waals surface area (Å²) in [6, 6.07) is 0. The Balaban J connectivity index is 2.60. The second-order valence-electron chi connectivity index (χ2n) is 3.77. The van der Waals surface area contributed by atoms with E-state index in [0.717, 1.165) is 0 Å². The Morgan fingerprint density at radius 2 is 2.17 bits per heavy atom. The van der Waals surface area contributed by atoms with Crippen LogP contribution in [0, 0.1) is 5.41 Å². The van der Waals surface area contributed by atoms with Crippen LogP contribution in [0.2, 0.25) is 0 Å². The van der Waals surface area contributed by atoms with Gasteiger partial charge in [-0.2, -0.15) is 0 Å². The highest BCUT2D eigenvalue weighted by molar-refractivity contribution is 5.83. The van der Waals surface area contributed by atoms with Crippen molar-refractivity contribution in [1.82, 2.24) is 15.0 Å². The van der Waals surface area contributed by atoms with Gasteiger partial charge < -0.3 is 0 Å². The van der Waals surface area contributed by atoms with Gasteiger partial charge in [0.15, 0.2) is 5.78 Å². The minimum Gasteiger partial charge on any atom is -0.297 e. The molecule has 0 N–H and O–H groups in total. The molecule has 0 unspecified atom stereocenters. The summed E-state index contributed by atoms with van der Waals surface area (Å²) in [5, 5.41) is 7.33.